The van der Waals surface area contributed by atoms with Gasteiger partial charge >= 0.3 is 0 Å². The third-order valence-electron chi connectivity index (χ3n) is 4.79. The summed E-state index contributed by atoms with van der Waals surface area (Å²) in [5.41, 5.74) is 0. The lowest BCUT2D eigenvalue weighted by Crippen LogP contribution is -2.41. The Kier molecular flexibility index (Phi) is 5.93. The number of rotatable bonds is 7. The maximum Gasteiger partial charge on any atom is 0.0431 e. The molecule has 0 aromatic heterocycles. The normalized spacial score (nSPS) is 33.3. The Morgan fingerprint density at radius 2 is 2.11 bits per heavy atom. The zero-order valence-electron chi connectivity index (χ0n) is 11.9. The first-order valence-electron chi connectivity index (χ1n) is 7.93. The topological polar surface area (TPSA) is 35.5 Å². The Morgan fingerprint density at radius 3 is 2.89 bits per heavy atom. The SMILES string of the molecule is CCNC1CCCC1CN1CCCC1CCCO. The van der Waals surface area contributed by atoms with Crippen molar-refractivity contribution >= 4 is 0 Å². The minimum Gasteiger partial charge on any atom is -0.396 e. The van der Waals surface area contributed by atoms with Crippen molar-refractivity contribution < 1.29 is 5.11 Å². The maximum atomic E-state index is 8.98. The Morgan fingerprint density at radius 1 is 1.22 bits per heavy atom. The molecule has 18 heavy (non-hydrogen) atoms. The van der Waals surface area contributed by atoms with Crippen LogP contribution >= 0.6 is 0 Å². The van der Waals surface area contributed by atoms with Crippen LogP contribution in [0, 0.1) is 5.92 Å². The Hall–Kier alpha value is -0.120. The molecular weight excluding hydrogens is 224 g/mol. The highest BCUT2D eigenvalue weighted by Gasteiger charge is 2.32. The van der Waals surface area contributed by atoms with Gasteiger partial charge in [-0.1, -0.05) is 13.3 Å². The summed E-state index contributed by atoms with van der Waals surface area (Å²) in [5, 5.41) is 12.6. The molecule has 1 heterocycles. The fourth-order valence-electron chi connectivity index (χ4n) is 3.88. The van der Waals surface area contributed by atoms with Crippen LogP contribution in [0.15, 0.2) is 0 Å². The van der Waals surface area contributed by atoms with Gasteiger partial charge in [-0.25, -0.2) is 0 Å². The quantitative estimate of drug-likeness (QED) is 0.729. The molecule has 1 saturated heterocycles. The lowest BCUT2D eigenvalue weighted by molar-refractivity contribution is 0.180. The first-order valence-corrected chi connectivity index (χ1v) is 7.93. The largest absolute Gasteiger partial charge is 0.396 e. The van der Waals surface area contributed by atoms with E-state index in [0.29, 0.717) is 6.61 Å². The van der Waals surface area contributed by atoms with Crippen LogP contribution in [0.1, 0.15) is 51.9 Å². The standard InChI is InChI=1S/C15H30N2O/c1-2-16-15-9-3-6-13(15)12-17-10-4-7-14(17)8-5-11-18/h13-16,18H,2-12H2,1H3. The van der Waals surface area contributed by atoms with Gasteiger partial charge in [-0.05, 0) is 57.5 Å². The molecule has 0 amide bonds. The average molecular weight is 254 g/mol. The molecule has 2 aliphatic rings. The molecule has 2 N–H and O–H groups in total. The molecule has 0 aromatic rings. The molecule has 3 heteroatoms. The van der Waals surface area contributed by atoms with Crippen molar-refractivity contribution in [1.29, 1.82) is 0 Å². The third-order valence-corrected chi connectivity index (χ3v) is 4.79. The van der Waals surface area contributed by atoms with Crippen molar-refractivity contribution in [1.82, 2.24) is 10.2 Å². The molecule has 1 saturated carbocycles. The summed E-state index contributed by atoms with van der Waals surface area (Å²) >= 11 is 0. The molecule has 0 bridgehead atoms. The molecule has 2 fully saturated rings. The minimum absolute atomic E-state index is 0.355. The number of hydrogen-bond acceptors (Lipinski definition) is 3. The van der Waals surface area contributed by atoms with Crippen molar-refractivity contribution in [3.8, 4) is 0 Å². The highest BCUT2D eigenvalue weighted by molar-refractivity contribution is 4.88. The van der Waals surface area contributed by atoms with Gasteiger partial charge in [0.05, 0.1) is 0 Å². The van der Waals surface area contributed by atoms with Gasteiger partial charge < -0.3 is 15.3 Å². The summed E-state index contributed by atoms with van der Waals surface area (Å²) < 4.78 is 0. The summed E-state index contributed by atoms with van der Waals surface area (Å²) in [4.78, 5) is 2.70. The third kappa shape index (κ3) is 3.69. The predicted molar refractivity (Wildman–Crippen MR) is 75.7 cm³/mol. The number of nitrogens with one attached hydrogen (secondary N) is 1. The molecule has 3 unspecified atom stereocenters. The van der Waals surface area contributed by atoms with Gasteiger partial charge in [0, 0.05) is 25.2 Å². The molecular formula is C15H30N2O. The molecule has 106 valence electrons. The van der Waals surface area contributed by atoms with Gasteiger partial charge in [-0.3, -0.25) is 0 Å². The van der Waals surface area contributed by atoms with E-state index in [4.69, 9.17) is 5.11 Å². The zero-order valence-corrected chi connectivity index (χ0v) is 11.9. The number of aliphatic hydroxyl groups is 1. The van der Waals surface area contributed by atoms with Crippen molar-refractivity contribution in [3.05, 3.63) is 0 Å². The molecule has 2 rings (SSSR count). The van der Waals surface area contributed by atoms with Crippen LogP contribution in [-0.4, -0.2) is 48.3 Å². The van der Waals surface area contributed by atoms with Crippen molar-refractivity contribution in [2.75, 3.05) is 26.2 Å². The van der Waals surface area contributed by atoms with E-state index in [9.17, 15) is 0 Å². The smallest absolute Gasteiger partial charge is 0.0431 e. The van der Waals surface area contributed by atoms with E-state index in [1.807, 2.05) is 0 Å². The van der Waals surface area contributed by atoms with E-state index < -0.39 is 0 Å². The van der Waals surface area contributed by atoms with Gasteiger partial charge in [-0.2, -0.15) is 0 Å². The van der Waals surface area contributed by atoms with Gasteiger partial charge in [0.25, 0.3) is 0 Å². The average Bonchev–Trinajstić information content (AvgIpc) is 2.98. The molecule has 0 radical (unpaired) electrons. The molecule has 0 spiro atoms. The monoisotopic (exact) mass is 254 g/mol. The summed E-state index contributed by atoms with van der Waals surface area (Å²) in [6.07, 6.45) is 9.04. The van der Waals surface area contributed by atoms with E-state index in [1.54, 1.807) is 0 Å². The minimum atomic E-state index is 0.355. The molecule has 3 nitrogen and oxygen atoms in total. The van der Waals surface area contributed by atoms with E-state index in [1.165, 1.54) is 51.6 Å². The summed E-state index contributed by atoms with van der Waals surface area (Å²) in [6, 6.07) is 1.51. The Labute approximate surface area is 112 Å². The second-order valence-corrected chi connectivity index (χ2v) is 6.01. The van der Waals surface area contributed by atoms with Gasteiger partial charge in [0.15, 0.2) is 0 Å². The molecule has 1 aliphatic heterocycles. The van der Waals surface area contributed by atoms with Crippen LogP contribution < -0.4 is 5.32 Å². The maximum absolute atomic E-state index is 8.98. The van der Waals surface area contributed by atoms with Crippen molar-refractivity contribution in [3.63, 3.8) is 0 Å². The number of aliphatic hydroxyl groups excluding tert-OH is 1. The van der Waals surface area contributed by atoms with Crippen LogP contribution in [-0.2, 0) is 0 Å². The predicted octanol–water partition coefficient (Wildman–Crippen LogP) is 2.00. The van der Waals surface area contributed by atoms with Crippen LogP contribution in [0.3, 0.4) is 0 Å². The van der Waals surface area contributed by atoms with E-state index in [2.05, 4.69) is 17.1 Å². The highest BCUT2D eigenvalue weighted by atomic mass is 16.2. The number of hydrogen-bond donors (Lipinski definition) is 2. The lowest BCUT2D eigenvalue weighted by Gasteiger charge is -2.30. The van der Waals surface area contributed by atoms with Crippen LogP contribution in [0.2, 0.25) is 0 Å². The van der Waals surface area contributed by atoms with E-state index in [0.717, 1.165) is 31.0 Å². The lowest BCUT2D eigenvalue weighted by atomic mass is 10.0. The van der Waals surface area contributed by atoms with Crippen molar-refractivity contribution in [2.24, 2.45) is 5.92 Å². The molecule has 1 aliphatic carbocycles. The second-order valence-electron chi connectivity index (χ2n) is 6.01. The van der Waals surface area contributed by atoms with E-state index in [-0.39, 0.29) is 0 Å². The van der Waals surface area contributed by atoms with Gasteiger partial charge in [0.2, 0.25) is 0 Å². The van der Waals surface area contributed by atoms with Crippen LogP contribution in [0.5, 0.6) is 0 Å². The van der Waals surface area contributed by atoms with E-state index >= 15 is 0 Å². The Bertz CT molecular complexity index is 235. The van der Waals surface area contributed by atoms with Crippen LogP contribution in [0.4, 0.5) is 0 Å². The fourth-order valence-corrected chi connectivity index (χ4v) is 3.88. The highest BCUT2D eigenvalue weighted by Crippen LogP contribution is 2.30. The number of likely N-dealkylation sites (tertiary alicyclic amines) is 1. The number of nitrogens with zero attached hydrogens (tertiary/aromatic N) is 1. The fraction of sp³-hybridized carbons (Fsp3) is 1.00. The summed E-state index contributed by atoms with van der Waals surface area (Å²) in [6.45, 7) is 6.25. The first-order chi connectivity index (χ1) is 8.85. The molecule has 0 aromatic carbocycles. The molecule has 3 atom stereocenters. The second kappa shape index (κ2) is 7.46. The van der Waals surface area contributed by atoms with Gasteiger partial charge in [-0.15, -0.1) is 0 Å². The van der Waals surface area contributed by atoms with Crippen LogP contribution in [0.25, 0.3) is 0 Å². The Balaban J connectivity index is 1.80. The van der Waals surface area contributed by atoms with Gasteiger partial charge in [0.1, 0.15) is 0 Å². The summed E-state index contributed by atoms with van der Waals surface area (Å²) in [5.74, 6) is 0.861. The van der Waals surface area contributed by atoms with Crippen molar-refractivity contribution in [2.45, 2.75) is 64.0 Å². The zero-order chi connectivity index (χ0) is 12.8. The summed E-state index contributed by atoms with van der Waals surface area (Å²) in [7, 11) is 0. The first kappa shape index (κ1) is 14.3.